The fraction of sp³-hybridized carbons (Fsp3) is 0.100. The molecule has 0 aliphatic carbocycles. The summed E-state index contributed by atoms with van der Waals surface area (Å²) >= 11 is 0. The molecule has 1 aromatic heterocycles. The molecule has 2 heterocycles. The Morgan fingerprint density at radius 2 is 1.62 bits per heavy atom. The summed E-state index contributed by atoms with van der Waals surface area (Å²) in [6, 6.07) is 15.8. The molecular formula is C20H15N3O3. The predicted octanol–water partition coefficient (Wildman–Crippen LogP) is 2.78. The van der Waals surface area contributed by atoms with E-state index < -0.39 is 17.7 Å². The van der Waals surface area contributed by atoms with Crippen molar-refractivity contribution in [2.24, 2.45) is 0 Å². The average molecular weight is 345 g/mol. The van der Waals surface area contributed by atoms with Crippen LogP contribution >= 0.6 is 0 Å². The molecule has 0 radical (unpaired) electrons. The van der Waals surface area contributed by atoms with Crippen molar-refractivity contribution in [1.82, 2.24) is 9.88 Å². The summed E-state index contributed by atoms with van der Waals surface area (Å²) in [4.78, 5) is 42.6. The van der Waals surface area contributed by atoms with Crippen LogP contribution in [0.3, 0.4) is 0 Å². The Hall–Kier alpha value is -3.54. The van der Waals surface area contributed by atoms with Gasteiger partial charge in [0.1, 0.15) is 6.54 Å². The summed E-state index contributed by atoms with van der Waals surface area (Å²) in [5.41, 5.74) is 2.80. The first-order chi connectivity index (χ1) is 12.5. The van der Waals surface area contributed by atoms with Crippen LogP contribution in [0.25, 0.3) is 10.9 Å². The summed E-state index contributed by atoms with van der Waals surface area (Å²) in [7, 11) is 0. The van der Waals surface area contributed by atoms with Crippen molar-refractivity contribution in [3.05, 3.63) is 71.4 Å². The number of anilines is 1. The number of para-hydroxylation sites is 1. The molecule has 3 amide bonds. The molecule has 0 unspecified atom stereocenters. The molecule has 4 rings (SSSR count). The highest BCUT2D eigenvalue weighted by Crippen LogP contribution is 2.24. The van der Waals surface area contributed by atoms with Gasteiger partial charge in [-0.1, -0.05) is 30.3 Å². The third-order valence-corrected chi connectivity index (χ3v) is 4.30. The number of nitrogens with one attached hydrogen (secondary N) is 1. The second kappa shape index (κ2) is 6.07. The Kier molecular flexibility index (Phi) is 3.73. The van der Waals surface area contributed by atoms with Crippen LogP contribution < -0.4 is 5.32 Å². The monoisotopic (exact) mass is 345 g/mol. The Bertz CT molecular complexity index is 1040. The number of nitrogens with zero attached hydrogens (tertiary/aromatic N) is 2. The van der Waals surface area contributed by atoms with Gasteiger partial charge in [-0.3, -0.25) is 24.3 Å². The number of rotatable bonds is 3. The van der Waals surface area contributed by atoms with Crippen LogP contribution in [0.2, 0.25) is 0 Å². The fourth-order valence-electron chi connectivity index (χ4n) is 3.13. The molecular weight excluding hydrogens is 330 g/mol. The van der Waals surface area contributed by atoms with E-state index in [-0.39, 0.29) is 6.54 Å². The number of aryl methyl sites for hydroxylation is 1. The van der Waals surface area contributed by atoms with Gasteiger partial charge in [0.2, 0.25) is 5.91 Å². The van der Waals surface area contributed by atoms with Crippen molar-refractivity contribution >= 4 is 34.3 Å². The lowest BCUT2D eigenvalue weighted by Gasteiger charge is -2.15. The first kappa shape index (κ1) is 16.0. The van der Waals surface area contributed by atoms with Crippen LogP contribution in [0, 0.1) is 6.92 Å². The highest BCUT2D eigenvalue weighted by atomic mass is 16.2. The van der Waals surface area contributed by atoms with Gasteiger partial charge in [-0.2, -0.15) is 0 Å². The van der Waals surface area contributed by atoms with Crippen LogP contribution in [0.15, 0.2) is 54.6 Å². The number of carbonyl (C=O) groups is 3. The lowest BCUT2D eigenvalue weighted by molar-refractivity contribution is -0.116. The van der Waals surface area contributed by atoms with Crippen molar-refractivity contribution < 1.29 is 14.4 Å². The molecule has 1 aliphatic rings. The number of fused-ring (bicyclic) bond motifs is 2. The second-order valence-electron chi connectivity index (χ2n) is 6.12. The quantitative estimate of drug-likeness (QED) is 0.740. The SMILES string of the molecule is Cc1cc(NC(=O)CN2C(=O)c3ccccc3C2=O)c2ccccc2n1. The van der Waals surface area contributed by atoms with Gasteiger partial charge >= 0.3 is 0 Å². The molecule has 128 valence electrons. The Labute approximate surface area is 149 Å². The molecule has 0 bridgehead atoms. The minimum Gasteiger partial charge on any atom is -0.324 e. The molecule has 2 aromatic carbocycles. The van der Waals surface area contributed by atoms with Crippen LogP contribution in [0.5, 0.6) is 0 Å². The zero-order chi connectivity index (χ0) is 18.3. The zero-order valence-electron chi connectivity index (χ0n) is 14.0. The number of benzene rings is 2. The zero-order valence-corrected chi connectivity index (χ0v) is 14.0. The Morgan fingerprint density at radius 1 is 1.00 bits per heavy atom. The minimum absolute atomic E-state index is 0.329. The molecule has 0 saturated heterocycles. The van der Waals surface area contributed by atoms with E-state index in [0.717, 1.165) is 21.5 Å². The van der Waals surface area contributed by atoms with E-state index >= 15 is 0 Å². The molecule has 3 aromatic rings. The summed E-state index contributed by atoms with van der Waals surface area (Å²) in [6.45, 7) is 1.51. The average Bonchev–Trinajstić information content (AvgIpc) is 2.87. The predicted molar refractivity (Wildman–Crippen MR) is 96.9 cm³/mol. The number of hydrogen-bond acceptors (Lipinski definition) is 4. The Balaban J connectivity index is 1.58. The summed E-state index contributed by atoms with van der Waals surface area (Å²) < 4.78 is 0. The van der Waals surface area contributed by atoms with Crippen LogP contribution in [0.1, 0.15) is 26.4 Å². The topological polar surface area (TPSA) is 79.4 Å². The number of aromatic nitrogens is 1. The Morgan fingerprint density at radius 3 is 2.31 bits per heavy atom. The van der Waals surface area contributed by atoms with Crippen molar-refractivity contribution in [3.63, 3.8) is 0 Å². The van der Waals surface area contributed by atoms with Crippen molar-refractivity contribution in [3.8, 4) is 0 Å². The van der Waals surface area contributed by atoms with E-state index in [1.807, 2.05) is 31.2 Å². The maximum absolute atomic E-state index is 12.5. The van der Waals surface area contributed by atoms with E-state index in [1.54, 1.807) is 30.3 Å². The van der Waals surface area contributed by atoms with Gasteiger partial charge in [0.25, 0.3) is 11.8 Å². The van der Waals surface area contributed by atoms with Gasteiger partial charge in [-0.05, 0) is 31.2 Å². The van der Waals surface area contributed by atoms with E-state index in [4.69, 9.17) is 0 Å². The summed E-state index contributed by atoms with van der Waals surface area (Å²) in [6.07, 6.45) is 0. The van der Waals surface area contributed by atoms with Gasteiger partial charge in [0.05, 0.1) is 22.3 Å². The number of imide groups is 1. The molecule has 0 atom stereocenters. The molecule has 0 saturated carbocycles. The molecule has 1 aliphatic heterocycles. The highest BCUT2D eigenvalue weighted by Gasteiger charge is 2.36. The van der Waals surface area contributed by atoms with Crippen LogP contribution in [-0.4, -0.2) is 34.2 Å². The van der Waals surface area contributed by atoms with Crippen LogP contribution in [-0.2, 0) is 4.79 Å². The lowest BCUT2D eigenvalue weighted by Crippen LogP contribution is -2.37. The van der Waals surface area contributed by atoms with E-state index in [2.05, 4.69) is 10.3 Å². The third-order valence-electron chi connectivity index (χ3n) is 4.30. The standard InChI is InChI=1S/C20H15N3O3/c1-12-10-17(15-8-4-5-9-16(15)21-12)22-18(24)11-23-19(25)13-6-2-3-7-14(13)20(23)26/h2-10H,11H2,1H3,(H,21,22,24). The van der Waals surface area contributed by atoms with Crippen LogP contribution in [0.4, 0.5) is 5.69 Å². The first-order valence-corrected chi connectivity index (χ1v) is 8.16. The maximum atomic E-state index is 12.5. The van der Waals surface area contributed by atoms with Gasteiger partial charge in [0.15, 0.2) is 0 Å². The molecule has 6 heteroatoms. The van der Waals surface area contributed by atoms with Crippen molar-refractivity contribution in [1.29, 1.82) is 0 Å². The molecule has 0 fully saturated rings. The molecule has 6 nitrogen and oxygen atoms in total. The van der Waals surface area contributed by atoms with Gasteiger partial charge in [-0.15, -0.1) is 0 Å². The van der Waals surface area contributed by atoms with Crippen molar-refractivity contribution in [2.75, 3.05) is 11.9 Å². The highest BCUT2D eigenvalue weighted by molar-refractivity contribution is 6.22. The minimum atomic E-state index is -0.448. The van der Waals surface area contributed by atoms with Gasteiger partial charge in [0, 0.05) is 11.1 Å². The lowest BCUT2D eigenvalue weighted by atomic mass is 10.1. The van der Waals surface area contributed by atoms with E-state index in [1.165, 1.54) is 0 Å². The van der Waals surface area contributed by atoms with E-state index in [0.29, 0.717) is 16.8 Å². The number of amides is 3. The first-order valence-electron chi connectivity index (χ1n) is 8.16. The fourth-order valence-corrected chi connectivity index (χ4v) is 3.13. The van der Waals surface area contributed by atoms with E-state index in [9.17, 15) is 14.4 Å². The molecule has 0 spiro atoms. The largest absolute Gasteiger partial charge is 0.324 e. The third kappa shape index (κ3) is 2.61. The molecule has 26 heavy (non-hydrogen) atoms. The maximum Gasteiger partial charge on any atom is 0.262 e. The summed E-state index contributed by atoms with van der Waals surface area (Å²) in [5.74, 6) is -1.33. The van der Waals surface area contributed by atoms with Gasteiger partial charge in [-0.25, -0.2) is 0 Å². The number of carbonyl (C=O) groups excluding carboxylic acids is 3. The molecule has 1 N–H and O–H groups in total. The van der Waals surface area contributed by atoms with Gasteiger partial charge < -0.3 is 5.32 Å². The smallest absolute Gasteiger partial charge is 0.262 e. The second-order valence-corrected chi connectivity index (χ2v) is 6.12. The number of pyridine rings is 1. The summed E-state index contributed by atoms with van der Waals surface area (Å²) in [5, 5.41) is 3.60. The number of hydrogen-bond donors (Lipinski definition) is 1. The van der Waals surface area contributed by atoms with Crippen molar-refractivity contribution in [2.45, 2.75) is 6.92 Å². The normalized spacial score (nSPS) is 13.2.